The quantitative estimate of drug-likeness (QED) is 0.0623. The fourth-order valence-corrected chi connectivity index (χ4v) is 9.43. The molecule has 0 bridgehead atoms. The largest absolute Gasteiger partial charge is 0.494 e. The molecule has 1 saturated heterocycles. The first-order valence-corrected chi connectivity index (χ1v) is 23.6. The minimum absolute atomic E-state index is 0.0501. The molecule has 3 N–H and O–H groups in total. The van der Waals surface area contributed by atoms with E-state index in [-0.39, 0.29) is 29.0 Å². The maximum atomic E-state index is 14.0. The van der Waals surface area contributed by atoms with Crippen LogP contribution in [0.1, 0.15) is 67.9 Å². The van der Waals surface area contributed by atoms with Gasteiger partial charge in [0.2, 0.25) is 0 Å². The zero-order valence-electron chi connectivity index (χ0n) is 36.6. The molecule has 2 aliphatic rings. The van der Waals surface area contributed by atoms with Crippen LogP contribution in [0.2, 0.25) is 5.02 Å². The van der Waals surface area contributed by atoms with Crippen molar-refractivity contribution in [1.82, 2.24) is 19.6 Å². The van der Waals surface area contributed by atoms with Gasteiger partial charge in [-0.3, -0.25) is 19.8 Å². The van der Waals surface area contributed by atoms with Crippen LogP contribution in [0, 0.1) is 15.5 Å². The minimum Gasteiger partial charge on any atom is -0.494 e. The molecule has 1 aliphatic heterocycles. The molecule has 8 rings (SSSR count). The molecule has 0 saturated carbocycles. The number of benzene rings is 4. The number of pyridine rings is 1. The van der Waals surface area contributed by atoms with Crippen LogP contribution in [-0.2, 0) is 16.6 Å². The molecule has 14 nitrogen and oxygen atoms in total. The number of carbonyl (C=O) groups is 1. The van der Waals surface area contributed by atoms with Gasteiger partial charge in [0.15, 0.2) is 0 Å². The Bertz CT molecular complexity index is 2840. The first kappa shape index (κ1) is 45.2. The molecule has 1 aliphatic carbocycles. The van der Waals surface area contributed by atoms with Gasteiger partial charge in [0.25, 0.3) is 21.6 Å². The molecular weight excluding hydrogens is 866 g/mol. The lowest BCUT2D eigenvalue weighted by atomic mass is 9.72. The number of hydrogen-bond donors (Lipinski definition) is 3. The molecule has 1 amide bonds. The van der Waals surface area contributed by atoms with Gasteiger partial charge in [-0.1, -0.05) is 62.2 Å². The number of carbonyl (C=O) groups excluding carboxylic acids is 1. The van der Waals surface area contributed by atoms with E-state index in [1.807, 2.05) is 49.4 Å². The van der Waals surface area contributed by atoms with Gasteiger partial charge < -0.3 is 24.7 Å². The zero-order valence-corrected chi connectivity index (χ0v) is 38.2. The number of sulfonamides is 1. The summed E-state index contributed by atoms with van der Waals surface area (Å²) in [6, 6.07) is 27.6. The smallest absolute Gasteiger partial charge is 0.293 e. The van der Waals surface area contributed by atoms with Crippen molar-refractivity contribution in [2.75, 3.05) is 49.5 Å². The summed E-state index contributed by atoms with van der Waals surface area (Å²) in [6.07, 6.45) is 7.33. The summed E-state index contributed by atoms with van der Waals surface area (Å²) in [5.41, 5.74) is 6.21. The highest BCUT2D eigenvalue weighted by Crippen LogP contribution is 2.43. The fraction of sp³-hybridized carbons (Fsp3) is 0.306. The number of amides is 1. The van der Waals surface area contributed by atoms with Crippen molar-refractivity contribution >= 4 is 61.2 Å². The van der Waals surface area contributed by atoms with Crippen molar-refractivity contribution in [3.63, 3.8) is 0 Å². The lowest BCUT2D eigenvalue weighted by molar-refractivity contribution is -0.384. The van der Waals surface area contributed by atoms with E-state index in [0.717, 1.165) is 91.9 Å². The second kappa shape index (κ2) is 19.4. The monoisotopic (exact) mass is 917 g/mol. The molecule has 3 heterocycles. The normalized spacial score (nSPS) is 15.5. The van der Waals surface area contributed by atoms with Crippen LogP contribution in [0.4, 0.5) is 17.1 Å². The number of nitro benzene ring substituents is 1. The van der Waals surface area contributed by atoms with E-state index in [1.54, 1.807) is 24.4 Å². The van der Waals surface area contributed by atoms with Gasteiger partial charge in [-0.25, -0.2) is 18.1 Å². The van der Waals surface area contributed by atoms with Crippen molar-refractivity contribution in [3.8, 4) is 17.2 Å². The first-order valence-electron chi connectivity index (χ1n) is 21.7. The lowest BCUT2D eigenvalue weighted by Gasteiger charge is -2.39. The number of halogens is 1. The molecule has 4 aromatic carbocycles. The van der Waals surface area contributed by atoms with Crippen LogP contribution in [0.5, 0.6) is 17.2 Å². The average molecular weight is 919 g/mol. The Hall–Kier alpha value is -6.42. The third-order valence-corrected chi connectivity index (χ3v) is 13.5. The van der Waals surface area contributed by atoms with E-state index in [9.17, 15) is 23.3 Å². The summed E-state index contributed by atoms with van der Waals surface area (Å²) in [6.45, 7) is 11.4. The number of anilines is 2. The summed E-state index contributed by atoms with van der Waals surface area (Å²) < 4.78 is 41.6. The highest BCUT2D eigenvalue weighted by atomic mass is 35.5. The predicted octanol–water partition coefficient (Wildman–Crippen LogP) is 10.2. The van der Waals surface area contributed by atoms with Gasteiger partial charge in [-0.15, -0.1) is 0 Å². The van der Waals surface area contributed by atoms with Gasteiger partial charge >= 0.3 is 0 Å². The Balaban J connectivity index is 0.991. The van der Waals surface area contributed by atoms with Crippen LogP contribution < -0.4 is 24.4 Å². The number of fused-ring (bicyclic) bond motifs is 1. The number of H-pyrrole nitrogens is 1. The van der Waals surface area contributed by atoms with E-state index in [0.29, 0.717) is 18.0 Å². The van der Waals surface area contributed by atoms with Crippen molar-refractivity contribution in [2.24, 2.45) is 5.41 Å². The number of ether oxygens (including phenoxy) is 2. The number of rotatable bonds is 16. The average Bonchev–Trinajstić information content (AvgIpc) is 3.77. The van der Waals surface area contributed by atoms with Crippen LogP contribution in [-0.4, -0.2) is 73.4 Å². The second-order valence-corrected chi connectivity index (χ2v) is 19.4. The number of hydrogen-bond acceptors (Lipinski definition) is 11. The van der Waals surface area contributed by atoms with Crippen LogP contribution in [0.25, 0.3) is 16.6 Å². The Morgan fingerprint density at radius 3 is 2.46 bits per heavy atom. The van der Waals surface area contributed by atoms with Gasteiger partial charge in [-0.05, 0) is 108 Å². The van der Waals surface area contributed by atoms with Crippen LogP contribution in [0.15, 0.2) is 120 Å². The zero-order chi connectivity index (χ0) is 45.7. The molecule has 65 heavy (non-hydrogen) atoms. The molecule has 0 unspecified atom stereocenters. The van der Waals surface area contributed by atoms with Crippen LogP contribution in [0.3, 0.4) is 0 Å². The SMILES string of the molecule is CCCOc1ccc(CNc2ccc(S(=O)(=O)NC(=O)c3ccc(N4CCN(CC5=C(c6ccc(Cl)cc6)CC(C)(C)CC5)CC4)cc3Oc3cnc4[nH]ccc4c3)cc2[N+](=O)[O-])cc1. The van der Waals surface area contributed by atoms with E-state index in [1.165, 1.54) is 41.1 Å². The molecule has 0 radical (unpaired) electrons. The summed E-state index contributed by atoms with van der Waals surface area (Å²) in [5.74, 6) is 0.210. The molecule has 0 spiro atoms. The summed E-state index contributed by atoms with van der Waals surface area (Å²) in [7, 11) is -4.59. The van der Waals surface area contributed by atoms with E-state index >= 15 is 0 Å². The van der Waals surface area contributed by atoms with Gasteiger partial charge in [-0.2, -0.15) is 0 Å². The van der Waals surface area contributed by atoms with E-state index < -0.39 is 31.4 Å². The highest BCUT2D eigenvalue weighted by Gasteiger charge is 2.30. The van der Waals surface area contributed by atoms with Crippen molar-refractivity contribution in [1.29, 1.82) is 0 Å². The number of aromatic nitrogens is 2. The maximum absolute atomic E-state index is 14.0. The molecule has 0 atom stereocenters. The van der Waals surface area contributed by atoms with Crippen molar-refractivity contribution < 1.29 is 27.6 Å². The Morgan fingerprint density at radius 1 is 0.954 bits per heavy atom. The van der Waals surface area contributed by atoms with Gasteiger partial charge in [0.1, 0.15) is 28.6 Å². The molecule has 1 fully saturated rings. The molecule has 2 aromatic heterocycles. The number of allylic oxidation sites excluding steroid dienone is 1. The molecular formula is C49H52ClN7O7S. The maximum Gasteiger partial charge on any atom is 0.293 e. The third-order valence-electron chi connectivity index (χ3n) is 11.9. The Kier molecular flexibility index (Phi) is 13.4. The number of nitro groups is 1. The van der Waals surface area contributed by atoms with E-state index in [4.69, 9.17) is 21.1 Å². The van der Waals surface area contributed by atoms with Gasteiger partial charge in [0.05, 0.1) is 28.2 Å². The van der Waals surface area contributed by atoms with E-state index in [2.05, 4.69) is 55.8 Å². The predicted molar refractivity (Wildman–Crippen MR) is 255 cm³/mol. The summed E-state index contributed by atoms with van der Waals surface area (Å²) >= 11 is 6.25. The third kappa shape index (κ3) is 10.9. The minimum atomic E-state index is -4.59. The highest BCUT2D eigenvalue weighted by molar-refractivity contribution is 7.90. The number of nitrogens with zero attached hydrogens (tertiary/aromatic N) is 4. The summed E-state index contributed by atoms with van der Waals surface area (Å²) in [4.78, 5) is 37.2. The van der Waals surface area contributed by atoms with Gasteiger partial charge in [0, 0.05) is 73.7 Å². The number of nitrogens with one attached hydrogen (secondary N) is 3. The molecule has 6 aromatic rings. The van der Waals surface area contributed by atoms with Crippen LogP contribution >= 0.6 is 11.6 Å². The first-order chi connectivity index (χ1) is 31.2. The fourth-order valence-electron chi connectivity index (χ4n) is 8.32. The number of piperazine rings is 1. The molecule has 338 valence electrons. The summed E-state index contributed by atoms with van der Waals surface area (Å²) in [5, 5.41) is 16.7. The second-order valence-electron chi connectivity index (χ2n) is 17.3. The van der Waals surface area contributed by atoms with Crippen molar-refractivity contribution in [2.45, 2.75) is 57.9 Å². The van der Waals surface area contributed by atoms with Crippen molar-refractivity contribution in [3.05, 3.63) is 147 Å². The number of aromatic amines is 1. The molecule has 16 heteroatoms. The standard InChI is InChI=1S/C49H52ClN7O7S/c1-4-25-63-39-12-5-33(6-13-39)30-52-44-16-14-41(28-45(44)57(59)60)65(61,62)54-48(58)42-15-11-38(27-46(42)64-40-26-35-18-20-51-47(35)53-31-40)56-23-21-55(22-24-56)32-36-17-19-49(2,3)29-43(36)34-7-9-37(50)10-8-34/h5-16,18,20,26-28,31,52H,4,17,19,21-25,29-30,32H2,1-3H3,(H,51,53)(H,54,58). The lowest BCUT2D eigenvalue weighted by Crippen LogP contribution is -2.47. The topological polar surface area (TPSA) is 172 Å². The Morgan fingerprint density at radius 2 is 1.72 bits per heavy atom. The Labute approximate surface area is 383 Å².